The van der Waals surface area contributed by atoms with Crippen molar-refractivity contribution in [1.29, 1.82) is 0 Å². The van der Waals surface area contributed by atoms with Gasteiger partial charge >= 0.3 is 0 Å². The van der Waals surface area contributed by atoms with Gasteiger partial charge in [0.05, 0.1) is 23.4 Å². The molecule has 1 aromatic heterocycles. The summed E-state index contributed by atoms with van der Waals surface area (Å²) in [6.07, 6.45) is 1.54. The zero-order valence-electron chi connectivity index (χ0n) is 16.0. The average Bonchev–Trinajstić information content (AvgIpc) is 3.16. The first-order valence-electron chi connectivity index (χ1n) is 8.75. The number of carbonyl (C=O) groups is 1. The van der Waals surface area contributed by atoms with Gasteiger partial charge in [0.15, 0.2) is 0 Å². The van der Waals surface area contributed by atoms with E-state index in [0.29, 0.717) is 29.1 Å². The first kappa shape index (κ1) is 19.7. The van der Waals surface area contributed by atoms with E-state index in [1.807, 2.05) is 19.1 Å². The van der Waals surface area contributed by atoms with E-state index < -0.39 is 10.0 Å². The molecule has 146 valence electrons. The summed E-state index contributed by atoms with van der Waals surface area (Å²) in [7, 11) is -2.17. The van der Waals surface area contributed by atoms with Crippen molar-refractivity contribution in [2.24, 2.45) is 0 Å². The minimum Gasteiger partial charge on any atom is -0.467 e. The number of nitrogens with one attached hydrogen (secondary N) is 1. The van der Waals surface area contributed by atoms with Crippen LogP contribution < -0.4 is 4.72 Å². The highest BCUT2D eigenvalue weighted by Crippen LogP contribution is 2.22. The fraction of sp³-hybridized carbons (Fsp3) is 0.190. The fourth-order valence-corrected chi connectivity index (χ4v) is 3.96. The predicted molar refractivity (Wildman–Crippen MR) is 108 cm³/mol. The lowest BCUT2D eigenvalue weighted by molar-refractivity contribution is 0.0774. The average molecular weight is 398 g/mol. The molecule has 3 rings (SSSR count). The van der Waals surface area contributed by atoms with Crippen LogP contribution in [0.5, 0.6) is 0 Å². The molecule has 0 bridgehead atoms. The zero-order chi connectivity index (χ0) is 20.3. The molecule has 0 saturated heterocycles. The lowest BCUT2D eigenvalue weighted by Gasteiger charge is -2.18. The van der Waals surface area contributed by atoms with Crippen LogP contribution in [0.2, 0.25) is 0 Å². The molecule has 0 aliphatic rings. The van der Waals surface area contributed by atoms with E-state index in [9.17, 15) is 13.2 Å². The molecule has 0 radical (unpaired) electrons. The fourth-order valence-electron chi connectivity index (χ4n) is 2.80. The van der Waals surface area contributed by atoms with Crippen LogP contribution in [0.4, 0.5) is 5.69 Å². The summed E-state index contributed by atoms with van der Waals surface area (Å²) in [6, 6.07) is 15.2. The number of hydrogen-bond donors (Lipinski definition) is 1. The number of para-hydroxylation sites is 1. The first-order chi connectivity index (χ1) is 13.3. The highest BCUT2D eigenvalue weighted by Gasteiger charge is 2.21. The van der Waals surface area contributed by atoms with Gasteiger partial charge in [0.2, 0.25) is 0 Å². The van der Waals surface area contributed by atoms with E-state index in [2.05, 4.69) is 4.72 Å². The maximum absolute atomic E-state index is 12.9. The SMILES string of the molecule is Cc1ccccc1NS(=O)(=O)c1ccc(C)c(C(=O)N(C)Cc2ccco2)c1. The molecule has 28 heavy (non-hydrogen) atoms. The number of nitrogens with zero attached hydrogens (tertiary/aromatic N) is 1. The molecule has 2 aromatic carbocycles. The van der Waals surface area contributed by atoms with Crippen molar-refractivity contribution in [3.05, 3.63) is 83.3 Å². The Morgan fingerprint density at radius 3 is 2.46 bits per heavy atom. The standard InChI is InChI=1S/C21H22N2O4S/c1-15-10-11-18(28(25,26)22-20-9-5-4-7-16(20)2)13-19(15)21(24)23(3)14-17-8-6-12-27-17/h4-13,22H,14H2,1-3H3. The third-order valence-corrected chi connectivity index (χ3v) is 5.82. The van der Waals surface area contributed by atoms with Crippen LogP contribution in [-0.2, 0) is 16.6 Å². The monoisotopic (exact) mass is 398 g/mol. The minimum absolute atomic E-state index is 0.0381. The molecule has 0 spiro atoms. The number of carbonyl (C=O) groups excluding carboxylic acids is 1. The van der Waals surface area contributed by atoms with Crippen molar-refractivity contribution in [3.8, 4) is 0 Å². The molecule has 1 heterocycles. The molecule has 1 N–H and O–H groups in total. The van der Waals surface area contributed by atoms with Crippen LogP contribution in [0.3, 0.4) is 0 Å². The number of rotatable bonds is 6. The molecule has 1 amide bonds. The van der Waals surface area contributed by atoms with Gasteiger partial charge in [0.1, 0.15) is 5.76 Å². The van der Waals surface area contributed by atoms with Crippen LogP contribution in [0.1, 0.15) is 27.2 Å². The Bertz CT molecular complexity index is 1090. The van der Waals surface area contributed by atoms with Gasteiger partial charge in [-0.2, -0.15) is 0 Å². The lowest BCUT2D eigenvalue weighted by Crippen LogP contribution is -2.27. The van der Waals surface area contributed by atoms with Crippen molar-refractivity contribution in [2.45, 2.75) is 25.3 Å². The zero-order valence-corrected chi connectivity index (χ0v) is 16.8. The summed E-state index contributed by atoms with van der Waals surface area (Å²) in [5, 5.41) is 0. The van der Waals surface area contributed by atoms with Gasteiger partial charge in [-0.3, -0.25) is 9.52 Å². The van der Waals surface area contributed by atoms with Crippen molar-refractivity contribution in [1.82, 2.24) is 4.90 Å². The van der Waals surface area contributed by atoms with Crippen molar-refractivity contribution < 1.29 is 17.6 Å². The smallest absolute Gasteiger partial charge is 0.261 e. The number of furan rings is 1. The van der Waals surface area contributed by atoms with E-state index in [4.69, 9.17) is 4.42 Å². The minimum atomic E-state index is -3.82. The molecule has 7 heteroatoms. The van der Waals surface area contributed by atoms with Crippen molar-refractivity contribution >= 4 is 21.6 Å². The molecule has 0 atom stereocenters. The molecule has 3 aromatic rings. The Kier molecular flexibility index (Phi) is 5.56. The molecule has 0 unspecified atom stereocenters. The van der Waals surface area contributed by atoms with Gasteiger partial charge in [-0.15, -0.1) is 0 Å². The van der Waals surface area contributed by atoms with Gasteiger partial charge in [0.25, 0.3) is 15.9 Å². The maximum Gasteiger partial charge on any atom is 0.261 e. The van der Waals surface area contributed by atoms with Crippen LogP contribution in [0.25, 0.3) is 0 Å². The van der Waals surface area contributed by atoms with Crippen LogP contribution in [-0.4, -0.2) is 26.3 Å². The Labute approximate surface area is 164 Å². The second-order valence-corrected chi connectivity index (χ2v) is 8.32. The van der Waals surface area contributed by atoms with E-state index in [1.165, 1.54) is 17.0 Å². The second kappa shape index (κ2) is 7.90. The summed E-state index contributed by atoms with van der Waals surface area (Å²) in [5.41, 5.74) is 2.35. The largest absolute Gasteiger partial charge is 0.467 e. The van der Waals surface area contributed by atoms with Crippen LogP contribution in [0, 0.1) is 13.8 Å². The Morgan fingerprint density at radius 1 is 1.04 bits per heavy atom. The summed E-state index contributed by atoms with van der Waals surface area (Å²) in [4.78, 5) is 14.4. The molecule has 0 saturated carbocycles. The summed E-state index contributed by atoms with van der Waals surface area (Å²) < 4.78 is 33.5. The Hall–Kier alpha value is -3.06. The molecular weight excluding hydrogens is 376 g/mol. The quantitative estimate of drug-likeness (QED) is 0.681. The lowest BCUT2D eigenvalue weighted by atomic mass is 10.1. The molecule has 0 aliphatic carbocycles. The van der Waals surface area contributed by atoms with Gasteiger partial charge < -0.3 is 9.32 Å². The van der Waals surface area contributed by atoms with Crippen LogP contribution in [0.15, 0.2) is 70.2 Å². The van der Waals surface area contributed by atoms with Gasteiger partial charge in [-0.25, -0.2) is 8.42 Å². The first-order valence-corrected chi connectivity index (χ1v) is 10.2. The van der Waals surface area contributed by atoms with Gasteiger partial charge in [0, 0.05) is 12.6 Å². The number of sulfonamides is 1. The normalized spacial score (nSPS) is 11.2. The highest BCUT2D eigenvalue weighted by molar-refractivity contribution is 7.92. The number of aryl methyl sites for hydroxylation is 2. The van der Waals surface area contributed by atoms with Gasteiger partial charge in [-0.05, 0) is 55.3 Å². The number of amides is 1. The third kappa shape index (κ3) is 4.26. The number of anilines is 1. The van der Waals surface area contributed by atoms with E-state index in [1.54, 1.807) is 50.6 Å². The summed E-state index contributed by atoms with van der Waals surface area (Å²) in [5.74, 6) is 0.375. The van der Waals surface area contributed by atoms with E-state index >= 15 is 0 Å². The van der Waals surface area contributed by atoms with Crippen molar-refractivity contribution in [3.63, 3.8) is 0 Å². The van der Waals surface area contributed by atoms with E-state index in [0.717, 1.165) is 5.56 Å². The molecule has 0 fully saturated rings. The molecule has 0 aliphatic heterocycles. The van der Waals surface area contributed by atoms with Crippen molar-refractivity contribution in [2.75, 3.05) is 11.8 Å². The summed E-state index contributed by atoms with van der Waals surface area (Å²) >= 11 is 0. The van der Waals surface area contributed by atoms with Crippen LogP contribution >= 0.6 is 0 Å². The number of benzene rings is 2. The predicted octanol–water partition coefficient (Wildman–Crippen LogP) is 3.97. The maximum atomic E-state index is 12.9. The Morgan fingerprint density at radius 2 is 1.79 bits per heavy atom. The van der Waals surface area contributed by atoms with Gasteiger partial charge in [-0.1, -0.05) is 24.3 Å². The molecular formula is C21H22N2O4S. The highest BCUT2D eigenvalue weighted by atomic mass is 32.2. The van der Waals surface area contributed by atoms with E-state index in [-0.39, 0.29) is 10.8 Å². The Balaban J connectivity index is 1.88. The molecule has 6 nitrogen and oxygen atoms in total. The summed E-state index contributed by atoms with van der Waals surface area (Å²) in [6.45, 7) is 3.90. The topological polar surface area (TPSA) is 79.6 Å². The second-order valence-electron chi connectivity index (χ2n) is 6.64. The number of hydrogen-bond acceptors (Lipinski definition) is 4. The third-order valence-electron chi connectivity index (χ3n) is 4.46.